The Morgan fingerprint density at radius 3 is 3.00 bits per heavy atom. The summed E-state index contributed by atoms with van der Waals surface area (Å²) in [5.41, 5.74) is -0.184. The summed E-state index contributed by atoms with van der Waals surface area (Å²) < 4.78 is 0. The summed E-state index contributed by atoms with van der Waals surface area (Å²) in [5, 5.41) is 2.45. The molecule has 4 heteroatoms. The van der Waals surface area contributed by atoms with Crippen molar-refractivity contribution in [3.8, 4) is 0 Å². The Kier molecular flexibility index (Phi) is 1.48. The van der Waals surface area contributed by atoms with E-state index in [1.165, 1.54) is 12.3 Å². The predicted molar refractivity (Wildman–Crippen MR) is 33.8 cm³/mol. The summed E-state index contributed by atoms with van der Waals surface area (Å²) in [6, 6.07) is 1.33. The van der Waals surface area contributed by atoms with Gasteiger partial charge < -0.3 is 5.32 Å². The smallest absolute Gasteiger partial charge is 0.252 e. The Labute approximate surface area is 51.9 Å². The minimum absolute atomic E-state index is 0.184. The van der Waals surface area contributed by atoms with Gasteiger partial charge in [0.15, 0.2) is 0 Å². The van der Waals surface area contributed by atoms with Gasteiger partial charge in [0, 0.05) is 19.3 Å². The minimum atomic E-state index is -0.184. The van der Waals surface area contributed by atoms with E-state index in [2.05, 4.69) is 22.3 Å². The average molecular weight is 124 g/mol. The number of aromatic nitrogens is 2. The van der Waals surface area contributed by atoms with Crippen LogP contribution in [0.1, 0.15) is 0 Å². The zero-order chi connectivity index (χ0) is 6.69. The second-order valence-electron chi connectivity index (χ2n) is 1.46. The van der Waals surface area contributed by atoms with Crippen molar-refractivity contribution >= 4 is 5.95 Å². The third-order valence-electron chi connectivity index (χ3n) is 0.839. The number of rotatable bonds is 1. The number of anilines is 1. The molecular formula is C5H6N3O. The van der Waals surface area contributed by atoms with Crippen LogP contribution in [-0.2, 0) is 0 Å². The third-order valence-corrected chi connectivity index (χ3v) is 0.839. The maximum absolute atomic E-state index is 10.5. The van der Waals surface area contributed by atoms with Crippen molar-refractivity contribution in [3.05, 3.63) is 29.7 Å². The van der Waals surface area contributed by atoms with Gasteiger partial charge in [-0.05, 0) is 0 Å². The van der Waals surface area contributed by atoms with Gasteiger partial charge in [-0.25, -0.2) is 4.98 Å². The average Bonchev–Trinajstić information content (AvgIpc) is 1.88. The van der Waals surface area contributed by atoms with Gasteiger partial charge >= 0.3 is 0 Å². The van der Waals surface area contributed by atoms with Gasteiger partial charge in [-0.1, -0.05) is 0 Å². The van der Waals surface area contributed by atoms with Crippen LogP contribution in [0.2, 0.25) is 0 Å². The molecule has 0 aliphatic carbocycles. The first kappa shape index (κ1) is 5.81. The highest BCUT2D eigenvalue weighted by Crippen LogP contribution is 1.85. The Bertz CT molecular complexity index is 242. The summed E-state index contributed by atoms with van der Waals surface area (Å²) in [5.74, 6) is 0.377. The SMILES string of the molecule is [CH2]Nc1nccc(=O)[nH]1. The van der Waals surface area contributed by atoms with Gasteiger partial charge in [0.1, 0.15) is 0 Å². The maximum Gasteiger partial charge on any atom is 0.252 e. The molecule has 0 saturated carbocycles. The number of aromatic amines is 1. The number of H-pyrrole nitrogens is 1. The van der Waals surface area contributed by atoms with Crippen LogP contribution in [0.15, 0.2) is 17.1 Å². The van der Waals surface area contributed by atoms with Gasteiger partial charge in [-0.2, -0.15) is 0 Å². The molecule has 0 aliphatic rings. The lowest BCUT2D eigenvalue weighted by Gasteiger charge is -1.92. The molecule has 4 nitrogen and oxygen atoms in total. The van der Waals surface area contributed by atoms with Gasteiger partial charge in [0.25, 0.3) is 5.56 Å². The van der Waals surface area contributed by atoms with E-state index in [1.807, 2.05) is 0 Å². The van der Waals surface area contributed by atoms with Crippen LogP contribution in [0.4, 0.5) is 5.95 Å². The molecule has 0 fully saturated rings. The first-order chi connectivity index (χ1) is 4.33. The Balaban J connectivity index is 3.08. The van der Waals surface area contributed by atoms with Crippen LogP contribution in [-0.4, -0.2) is 9.97 Å². The Morgan fingerprint density at radius 2 is 2.56 bits per heavy atom. The van der Waals surface area contributed by atoms with Crippen molar-refractivity contribution in [3.63, 3.8) is 0 Å². The van der Waals surface area contributed by atoms with Crippen LogP contribution in [0.25, 0.3) is 0 Å². The molecule has 0 aliphatic heterocycles. The number of nitrogens with one attached hydrogen (secondary N) is 2. The second kappa shape index (κ2) is 2.30. The first-order valence-corrected chi connectivity index (χ1v) is 2.41. The van der Waals surface area contributed by atoms with Crippen molar-refractivity contribution in [1.82, 2.24) is 9.97 Å². The fourth-order valence-electron chi connectivity index (χ4n) is 0.460. The van der Waals surface area contributed by atoms with Crippen LogP contribution in [0, 0.1) is 7.05 Å². The zero-order valence-electron chi connectivity index (χ0n) is 4.72. The van der Waals surface area contributed by atoms with Gasteiger partial charge in [0.05, 0.1) is 0 Å². The molecule has 0 aromatic carbocycles. The molecule has 0 bridgehead atoms. The van der Waals surface area contributed by atoms with E-state index in [1.54, 1.807) is 0 Å². The third kappa shape index (κ3) is 1.28. The molecule has 0 saturated heterocycles. The fourth-order valence-corrected chi connectivity index (χ4v) is 0.460. The fraction of sp³-hybridized carbons (Fsp3) is 0. The standard InChI is InChI=1S/C5H6N3O/c1-6-5-7-3-2-4(9)8-5/h2-3H,1H2,(H2,6,7,8,9). The molecule has 0 amide bonds. The predicted octanol–water partition coefficient (Wildman–Crippen LogP) is -0.0266. The molecule has 0 atom stereocenters. The van der Waals surface area contributed by atoms with E-state index in [4.69, 9.17) is 0 Å². The first-order valence-electron chi connectivity index (χ1n) is 2.41. The largest absolute Gasteiger partial charge is 0.354 e. The molecule has 0 unspecified atom stereocenters. The van der Waals surface area contributed by atoms with Gasteiger partial charge in [0.2, 0.25) is 5.95 Å². The second-order valence-corrected chi connectivity index (χ2v) is 1.46. The maximum atomic E-state index is 10.5. The molecule has 9 heavy (non-hydrogen) atoms. The molecule has 1 heterocycles. The van der Waals surface area contributed by atoms with Crippen LogP contribution in [0.5, 0.6) is 0 Å². The topological polar surface area (TPSA) is 57.8 Å². The van der Waals surface area contributed by atoms with Crippen LogP contribution >= 0.6 is 0 Å². The van der Waals surface area contributed by atoms with Crippen LogP contribution in [0.3, 0.4) is 0 Å². The van der Waals surface area contributed by atoms with Crippen molar-refractivity contribution < 1.29 is 0 Å². The summed E-state index contributed by atoms with van der Waals surface area (Å²) in [6.45, 7) is 0. The summed E-state index contributed by atoms with van der Waals surface area (Å²) >= 11 is 0. The molecule has 1 aromatic rings. The monoisotopic (exact) mass is 124 g/mol. The van der Waals surface area contributed by atoms with E-state index < -0.39 is 0 Å². The zero-order valence-corrected chi connectivity index (χ0v) is 4.72. The Morgan fingerprint density at radius 1 is 1.78 bits per heavy atom. The van der Waals surface area contributed by atoms with E-state index in [-0.39, 0.29) is 5.56 Å². The minimum Gasteiger partial charge on any atom is -0.354 e. The molecule has 0 spiro atoms. The number of nitrogens with zero attached hydrogens (tertiary/aromatic N) is 1. The quantitative estimate of drug-likeness (QED) is 0.552. The molecule has 47 valence electrons. The lowest BCUT2D eigenvalue weighted by atomic mass is 10.7. The highest BCUT2D eigenvalue weighted by Gasteiger charge is 1.85. The number of hydrogen-bond donors (Lipinski definition) is 2. The van der Waals surface area contributed by atoms with Crippen molar-refractivity contribution in [2.75, 3.05) is 5.32 Å². The summed E-state index contributed by atoms with van der Waals surface area (Å²) in [4.78, 5) is 16.6. The molecular weight excluding hydrogens is 118 g/mol. The van der Waals surface area contributed by atoms with E-state index in [9.17, 15) is 4.79 Å². The van der Waals surface area contributed by atoms with E-state index in [0.717, 1.165) is 0 Å². The summed E-state index contributed by atoms with van der Waals surface area (Å²) in [7, 11) is 3.31. The number of hydrogen-bond acceptors (Lipinski definition) is 3. The highest BCUT2D eigenvalue weighted by atomic mass is 16.1. The molecule has 1 aromatic heterocycles. The lowest BCUT2D eigenvalue weighted by Crippen LogP contribution is -2.06. The van der Waals surface area contributed by atoms with Crippen molar-refractivity contribution in [2.45, 2.75) is 0 Å². The normalized spacial score (nSPS) is 9.00. The molecule has 1 radical (unpaired) electrons. The highest BCUT2D eigenvalue weighted by molar-refractivity contribution is 5.21. The van der Waals surface area contributed by atoms with Gasteiger partial charge in [-0.3, -0.25) is 9.78 Å². The lowest BCUT2D eigenvalue weighted by molar-refractivity contribution is 1.12. The molecule has 1 rings (SSSR count). The van der Waals surface area contributed by atoms with Crippen LogP contribution < -0.4 is 10.9 Å². The molecule has 2 N–H and O–H groups in total. The summed E-state index contributed by atoms with van der Waals surface area (Å²) in [6.07, 6.45) is 1.41. The van der Waals surface area contributed by atoms with E-state index in [0.29, 0.717) is 5.95 Å². The van der Waals surface area contributed by atoms with E-state index >= 15 is 0 Å². The van der Waals surface area contributed by atoms with Crippen molar-refractivity contribution in [1.29, 1.82) is 0 Å². The van der Waals surface area contributed by atoms with Gasteiger partial charge in [-0.15, -0.1) is 0 Å². The van der Waals surface area contributed by atoms with Crippen molar-refractivity contribution in [2.24, 2.45) is 0 Å². The Hall–Kier alpha value is -1.32.